The van der Waals surface area contributed by atoms with E-state index >= 15 is 0 Å². The van der Waals surface area contributed by atoms with E-state index in [0.29, 0.717) is 6.61 Å². The molecule has 0 saturated carbocycles. The van der Waals surface area contributed by atoms with Gasteiger partial charge in [-0.25, -0.2) is 0 Å². The molecule has 2 aromatic carbocycles. The molecule has 0 aromatic heterocycles. The SMILES string of the molecule is C#Cc1ccc(OCc2ccccc2)cc1. The summed E-state index contributed by atoms with van der Waals surface area (Å²) in [5.74, 6) is 3.41. The molecule has 1 nitrogen and oxygen atoms in total. The summed E-state index contributed by atoms with van der Waals surface area (Å²) >= 11 is 0. The molecular weight excluding hydrogens is 196 g/mol. The molecule has 0 atom stereocenters. The summed E-state index contributed by atoms with van der Waals surface area (Å²) in [6, 6.07) is 17.6. The fourth-order valence-corrected chi connectivity index (χ4v) is 1.39. The summed E-state index contributed by atoms with van der Waals surface area (Å²) < 4.78 is 5.62. The Labute approximate surface area is 95.7 Å². The lowest BCUT2D eigenvalue weighted by molar-refractivity contribution is 0.306. The Morgan fingerprint density at radius 1 is 0.938 bits per heavy atom. The quantitative estimate of drug-likeness (QED) is 0.703. The van der Waals surface area contributed by atoms with Crippen molar-refractivity contribution in [3.05, 3.63) is 65.7 Å². The summed E-state index contributed by atoms with van der Waals surface area (Å²) in [6.45, 7) is 0.580. The van der Waals surface area contributed by atoms with Gasteiger partial charge in [0, 0.05) is 5.56 Å². The third kappa shape index (κ3) is 2.65. The van der Waals surface area contributed by atoms with E-state index in [-0.39, 0.29) is 0 Å². The highest BCUT2D eigenvalue weighted by Gasteiger charge is 1.95. The van der Waals surface area contributed by atoms with Crippen molar-refractivity contribution in [1.29, 1.82) is 0 Å². The molecule has 1 heteroatoms. The second-order valence-electron chi connectivity index (χ2n) is 3.44. The lowest BCUT2D eigenvalue weighted by Crippen LogP contribution is -1.94. The molecule has 0 radical (unpaired) electrons. The van der Waals surface area contributed by atoms with Crippen LogP contribution >= 0.6 is 0 Å². The number of ether oxygens (including phenoxy) is 1. The van der Waals surface area contributed by atoms with Gasteiger partial charge in [0.05, 0.1) is 0 Å². The number of terminal acetylenes is 1. The predicted molar refractivity (Wildman–Crippen MR) is 65.2 cm³/mol. The fourth-order valence-electron chi connectivity index (χ4n) is 1.39. The highest BCUT2D eigenvalue weighted by Crippen LogP contribution is 2.13. The molecule has 0 aliphatic rings. The first-order chi connectivity index (χ1) is 7.88. The van der Waals surface area contributed by atoms with E-state index in [1.54, 1.807) is 0 Å². The summed E-state index contributed by atoms with van der Waals surface area (Å²) in [5.41, 5.74) is 2.02. The van der Waals surface area contributed by atoms with Gasteiger partial charge in [-0.3, -0.25) is 0 Å². The maximum Gasteiger partial charge on any atom is 0.119 e. The average molecular weight is 208 g/mol. The Morgan fingerprint density at radius 3 is 2.25 bits per heavy atom. The molecule has 16 heavy (non-hydrogen) atoms. The van der Waals surface area contributed by atoms with E-state index in [2.05, 4.69) is 5.92 Å². The van der Waals surface area contributed by atoms with E-state index in [4.69, 9.17) is 11.2 Å². The maximum absolute atomic E-state index is 5.62. The zero-order valence-corrected chi connectivity index (χ0v) is 8.89. The Bertz CT molecular complexity index is 477. The van der Waals surface area contributed by atoms with Crippen molar-refractivity contribution in [1.82, 2.24) is 0 Å². The maximum atomic E-state index is 5.62. The van der Waals surface area contributed by atoms with Gasteiger partial charge in [-0.1, -0.05) is 36.3 Å². The molecule has 0 amide bonds. The molecule has 2 rings (SSSR count). The van der Waals surface area contributed by atoms with E-state index in [9.17, 15) is 0 Å². The van der Waals surface area contributed by atoms with Crippen molar-refractivity contribution in [3.8, 4) is 18.1 Å². The monoisotopic (exact) mass is 208 g/mol. The van der Waals surface area contributed by atoms with Gasteiger partial charge in [0.2, 0.25) is 0 Å². The zero-order valence-electron chi connectivity index (χ0n) is 8.89. The molecule has 0 N–H and O–H groups in total. The Balaban J connectivity index is 1.98. The van der Waals surface area contributed by atoms with Crippen molar-refractivity contribution < 1.29 is 4.74 Å². The Morgan fingerprint density at radius 2 is 1.62 bits per heavy atom. The van der Waals surface area contributed by atoms with Gasteiger partial charge < -0.3 is 4.74 Å². The van der Waals surface area contributed by atoms with E-state index in [0.717, 1.165) is 16.9 Å². The lowest BCUT2D eigenvalue weighted by atomic mass is 10.2. The second kappa shape index (κ2) is 5.04. The standard InChI is InChI=1S/C15H12O/c1-2-13-8-10-15(11-9-13)16-12-14-6-4-3-5-7-14/h1,3-11H,12H2. The van der Waals surface area contributed by atoms with Crippen LogP contribution in [0.1, 0.15) is 11.1 Å². The molecule has 0 unspecified atom stereocenters. The van der Waals surface area contributed by atoms with E-state index in [1.807, 2.05) is 54.6 Å². The first-order valence-electron chi connectivity index (χ1n) is 5.12. The molecule has 0 aliphatic heterocycles. The van der Waals surface area contributed by atoms with E-state index in [1.165, 1.54) is 0 Å². The van der Waals surface area contributed by atoms with Crippen molar-refractivity contribution >= 4 is 0 Å². The van der Waals surface area contributed by atoms with Crippen LogP contribution in [0.2, 0.25) is 0 Å². The van der Waals surface area contributed by atoms with Gasteiger partial charge in [0.15, 0.2) is 0 Å². The molecule has 0 saturated heterocycles. The average Bonchev–Trinajstić information content (AvgIpc) is 2.38. The van der Waals surface area contributed by atoms with Crippen LogP contribution in [0.4, 0.5) is 0 Å². The van der Waals surface area contributed by atoms with Gasteiger partial charge in [0.25, 0.3) is 0 Å². The summed E-state index contributed by atoms with van der Waals surface area (Å²) in [6.07, 6.45) is 5.27. The molecule has 0 heterocycles. The van der Waals surface area contributed by atoms with Gasteiger partial charge in [0.1, 0.15) is 12.4 Å². The topological polar surface area (TPSA) is 9.23 Å². The van der Waals surface area contributed by atoms with Gasteiger partial charge in [-0.15, -0.1) is 6.42 Å². The summed E-state index contributed by atoms with van der Waals surface area (Å²) in [5, 5.41) is 0. The van der Waals surface area contributed by atoms with Gasteiger partial charge >= 0.3 is 0 Å². The normalized spacial score (nSPS) is 9.44. The van der Waals surface area contributed by atoms with Crippen LogP contribution < -0.4 is 4.74 Å². The van der Waals surface area contributed by atoms with Crippen molar-refractivity contribution in [2.24, 2.45) is 0 Å². The Hall–Kier alpha value is -2.20. The predicted octanol–water partition coefficient (Wildman–Crippen LogP) is 3.25. The smallest absolute Gasteiger partial charge is 0.119 e. The number of hydrogen-bond acceptors (Lipinski definition) is 1. The first-order valence-corrected chi connectivity index (χ1v) is 5.12. The molecule has 0 fully saturated rings. The van der Waals surface area contributed by atoms with Crippen molar-refractivity contribution in [2.45, 2.75) is 6.61 Å². The highest BCUT2D eigenvalue weighted by atomic mass is 16.5. The Kier molecular flexibility index (Phi) is 3.25. The minimum atomic E-state index is 0.580. The van der Waals surface area contributed by atoms with Crippen LogP contribution in [0.25, 0.3) is 0 Å². The third-order valence-corrected chi connectivity index (χ3v) is 2.27. The van der Waals surface area contributed by atoms with Crippen molar-refractivity contribution in [3.63, 3.8) is 0 Å². The third-order valence-electron chi connectivity index (χ3n) is 2.27. The van der Waals surface area contributed by atoms with Gasteiger partial charge in [-0.05, 0) is 29.8 Å². The van der Waals surface area contributed by atoms with Crippen LogP contribution in [-0.4, -0.2) is 0 Å². The van der Waals surface area contributed by atoms with Crippen LogP contribution in [0.5, 0.6) is 5.75 Å². The van der Waals surface area contributed by atoms with Crippen LogP contribution in [0.3, 0.4) is 0 Å². The molecule has 2 aromatic rings. The number of rotatable bonds is 3. The molecule has 0 aliphatic carbocycles. The largest absolute Gasteiger partial charge is 0.489 e. The fraction of sp³-hybridized carbons (Fsp3) is 0.0667. The van der Waals surface area contributed by atoms with Crippen molar-refractivity contribution in [2.75, 3.05) is 0 Å². The molecule has 78 valence electrons. The minimum absolute atomic E-state index is 0.580. The molecular formula is C15H12O. The second-order valence-corrected chi connectivity index (χ2v) is 3.44. The van der Waals surface area contributed by atoms with Gasteiger partial charge in [-0.2, -0.15) is 0 Å². The molecule has 0 bridgehead atoms. The molecule has 0 spiro atoms. The van der Waals surface area contributed by atoms with Crippen LogP contribution in [-0.2, 0) is 6.61 Å². The summed E-state index contributed by atoms with van der Waals surface area (Å²) in [4.78, 5) is 0. The lowest BCUT2D eigenvalue weighted by Gasteiger charge is -2.05. The number of benzene rings is 2. The first kappa shape index (κ1) is 10.3. The highest BCUT2D eigenvalue weighted by molar-refractivity contribution is 5.36. The zero-order chi connectivity index (χ0) is 11.2. The van der Waals surface area contributed by atoms with E-state index < -0.39 is 0 Å². The minimum Gasteiger partial charge on any atom is -0.489 e. The number of hydrogen-bond donors (Lipinski definition) is 0. The summed E-state index contributed by atoms with van der Waals surface area (Å²) in [7, 11) is 0. The van der Waals surface area contributed by atoms with Crippen LogP contribution in [0, 0.1) is 12.3 Å². The van der Waals surface area contributed by atoms with Crippen LogP contribution in [0.15, 0.2) is 54.6 Å².